The average molecular weight is 629 g/mol. The minimum Gasteiger partial charge on any atom is -0.0620 e. The van der Waals surface area contributed by atoms with Crippen LogP contribution in [0.3, 0.4) is 0 Å². The number of benzene rings is 7. The van der Waals surface area contributed by atoms with Crippen LogP contribution in [0.4, 0.5) is 0 Å². The molecule has 7 rings (SSSR count). The zero-order chi connectivity index (χ0) is 31.1. The monoisotopic (exact) mass is 628 g/mol. The summed E-state index contributed by atoms with van der Waals surface area (Å²) < 4.78 is 0. The summed E-state index contributed by atoms with van der Waals surface area (Å²) in [5.41, 5.74) is 2.77. The molecular formula is C44H38P2+2. The molecule has 46 heavy (non-hydrogen) atoms. The first kappa shape index (κ1) is 30.1. The lowest BCUT2D eigenvalue weighted by Crippen LogP contribution is -2.33. The van der Waals surface area contributed by atoms with E-state index in [9.17, 15) is 0 Å². The SMILES string of the molecule is c1ccc([P+](Cc2cccc(C[P+](c3ccccc3)(c3ccccc3)c3ccccc3)c2)(c2ccccc2)c2ccccc2)cc1. The van der Waals surface area contributed by atoms with Gasteiger partial charge in [0.05, 0.1) is 12.3 Å². The van der Waals surface area contributed by atoms with Crippen molar-refractivity contribution >= 4 is 46.4 Å². The van der Waals surface area contributed by atoms with Gasteiger partial charge in [0.15, 0.2) is 0 Å². The molecule has 222 valence electrons. The van der Waals surface area contributed by atoms with Gasteiger partial charge in [-0.1, -0.05) is 127 Å². The lowest BCUT2D eigenvalue weighted by molar-refractivity contribution is 1.31. The van der Waals surface area contributed by atoms with Crippen LogP contribution in [0.15, 0.2) is 206 Å². The summed E-state index contributed by atoms with van der Waals surface area (Å²) in [6.07, 6.45) is 1.93. The fourth-order valence-electron chi connectivity index (χ4n) is 6.91. The van der Waals surface area contributed by atoms with E-state index in [0.29, 0.717) is 0 Å². The third kappa shape index (κ3) is 5.88. The molecule has 0 aliphatic heterocycles. The number of hydrogen-bond acceptors (Lipinski definition) is 0. The fourth-order valence-corrected chi connectivity index (χ4v) is 15.4. The molecule has 0 radical (unpaired) electrons. The van der Waals surface area contributed by atoms with Gasteiger partial charge in [0, 0.05) is 0 Å². The largest absolute Gasteiger partial charge is 0.116 e. The van der Waals surface area contributed by atoms with Crippen molar-refractivity contribution in [3.05, 3.63) is 217 Å². The minimum absolute atomic E-state index is 0.965. The van der Waals surface area contributed by atoms with E-state index in [4.69, 9.17) is 0 Å². The first-order valence-electron chi connectivity index (χ1n) is 16.0. The van der Waals surface area contributed by atoms with Crippen LogP contribution in [0.5, 0.6) is 0 Å². The fraction of sp³-hybridized carbons (Fsp3) is 0.0455. The standard InChI is InChI=1S/C44H38P2/c1-7-22-39(23-8-1)45(40-24-9-2-10-25-40,41-26-11-3-12-27-41)35-37-20-19-21-38(34-37)36-46(42-28-13-4-14-29-42,43-30-15-5-16-31-43)44-32-17-6-18-33-44/h1-34H,35-36H2/q+2. The van der Waals surface area contributed by atoms with Gasteiger partial charge < -0.3 is 0 Å². The summed E-state index contributed by atoms with van der Waals surface area (Å²) in [6.45, 7) is 0. The van der Waals surface area contributed by atoms with Gasteiger partial charge >= 0.3 is 0 Å². The van der Waals surface area contributed by atoms with Crippen LogP contribution in [0.1, 0.15) is 11.1 Å². The molecule has 0 amide bonds. The third-order valence-electron chi connectivity index (χ3n) is 9.01. The van der Waals surface area contributed by atoms with Crippen molar-refractivity contribution in [3.8, 4) is 0 Å². The molecule has 0 aliphatic carbocycles. The molecule has 0 unspecified atom stereocenters. The molecule has 7 aromatic carbocycles. The zero-order valence-corrected chi connectivity index (χ0v) is 27.7. The van der Waals surface area contributed by atoms with E-state index in [-0.39, 0.29) is 0 Å². The molecule has 0 fully saturated rings. The van der Waals surface area contributed by atoms with Crippen molar-refractivity contribution in [3.63, 3.8) is 0 Å². The number of hydrogen-bond donors (Lipinski definition) is 0. The van der Waals surface area contributed by atoms with Crippen LogP contribution < -0.4 is 31.8 Å². The van der Waals surface area contributed by atoms with Crippen molar-refractivity contribution in [2.45, 2.75) is 12.3 Å². The molecular weight excluding hydrogens is 590 g/mol. The van der Waals surface area contributed by atoms with Gasteiger partial charge in [0.25, 0.3) is 0 Å². The van der Waals surface area contributed by atoms with Crippen molar-refractivity contribution in [1.82, 2.24) is 0 Å². The van der Waals surface area contributed by atoms with E-state index in [1.54, 1.807) is 0 Å². The maximum atomic E-state index is 2.51. The van der Waals surface area contributed by atoms with Crippen molar-refractivity contribution in [1.29, 1.82) is 0 Å². The number of rotatable bonds is 10. The highest BCUT2D eigenvalue weighted by Crippen LogP contribution is 2.60. The third-order valence-corrected chi connectivity index (χ3v) is 17.8. The van der Waals surface area contributed by atoms with Gasteiger partial charge in [-0.2, -0.15) is 0 Å². The topological polar surface area (TPSA) is 0 Å². The Labute approximate surface area is 275 Å². The van der Waals surface area contributed by atoms with Crippen molar-refractivity contribution in [2.24, 2.45) is 0 Å². The zero-order valence-electron chi connectivity index (χ0n) is 25.9. The van der Waals surface area contributed by atoms with E-state index in [0.717, 1.165) is 12.3 Å². The van der Waals surface area contributed by atoms with Crippen molar-refractivity contribution in [2.75, 3.05) is 0 Å². The molecule has 7 aromatic rings. The maximum absolute atomic E-state index is 2.51. The minimum atomic E-state index is -2.01. The molecule has 0 aromatic heterocycles. The summed E-state index contributed by atoms with van der Waals surface area (Å²) >= 11 is 0. The molecule has 0 saturated heterocycles. The average Bonchev–Trinajstić information content (AvgIpc) is 3.15. The second-order valence-electron chi connectivity index (χ2n) is 11.8. The second-order valence-corrected chi connectivity index (χ2v) is 18.7. The first-order chi connectivity index (χ1) is 22.8. The Balaban J connectivity index is 1.39. The van der Waals surface area contributed by atoms with Gasteiger partial charge in [-0.15, -0.1) is 0 Å². The summed E-state index contributed by atoms with van der Waals surface area (Å²) in [5.74, 6) is 0. The Kier molecular flexibility index (Phi) is 9.03. The van der Waals surface area contributed by atoms with Gasteiger partial charge in [0.2, 0.25) is 0 Å². The molecule has 0 nitrogen and oxygen atoms in total. The van der Waals surface area contributed by atoms with Crippen LogP contribution in [0, 0.1) is 0 Å². The van der Waals surface area contributed by atoms with Crippen LogP contribution in [0.2, 0.25) is 0 Å². The van der Waals surface area contributed by atoms with Gasteiger partial charge in [0.1, 0.15) is 46.4 Å². The second kappa shape index (κ2) is 13.8. The van der Waals surface area contributed by atoms with Crippen LogP contribution in [-0.4, -0.2) is 0 Å². The van der Waals surface area contributed by atoms with Crippen molar-refractivity contribution < 1.29 is 0 Å². The molecule has 0 N–H and O–H groups in total. The Morgan fingerprint density at radius 1 is 0.239 bits per heavy atom. The highest BCUT2D eigenvalue weighted by atomic mass is 31.2. The van der Waals surface area contributed by atoms with Crippen LogP contribution >= 0.6 is 14.5 Å². The molecule has 2 heteroatoms. The van der Waals surface area contributed by atoms with E-state index in [1.165, 1.54) is 43.0 Å². The van der Waals surface area contributed by atoms with Gasteiger partial charge in [-0.3, -0.25) is 0 Å². The van der Waals surface area contributed by atoms with Gasteiger partial charge in [-0.05, 0) is 90.0 Å². The summed E-state index contributed by atoms with van der Waals surface area (Å²) in [5, 5.41) is 8.49. The summed E-state index contributed by atoms with van der Waals surface area (Å²) in [4.78, 5) is 0. The Hall–Kier alpha value is -4.60. The molecule has 0 saturated carbocycles. The lowest BCUT2D eigenvalue weighted by Gasteiger charge is -2.29. The van der Waals surface area contributed by atoms with Crippen LogP contribution in [0.25, 0.3) is 0 Å². The first-order valence-corrected chi connectivity index (χ1v) is 19.9. The smallest absolute Gasteiger partial charge is 0.0620 e. The summed E-state index contributed by atoms with van der Waals surface area (Å²) in [7, 11) is -4.02. The summed E-state index contributed by atoms with van der Waals surface area (Å²) in [6, 6.07) is 76.8. The molecule has 0 heterocycles. The van der Waals surface area contributed by atoms with E-state index in [1.807, 2.05) is 0 Å². The highest BCUT2D eigenvalue weighted by molar-refractivity contribution is 7.95. The predicted molar refractivity (Wildman–Crippen MR) is 204 cm³/mol. The molecule has 0 aliphatic rings. The Morgan fingerprint density at radius 2 is 0.457 bits per heavy atom. The Bertz CT molecular complexity index is 1620. The lowest BCUT2D eigenvalue weighted by atomic mass is 10.2. The molecule has 0 spiro atoms. The highest BCUT2D eigenvalue weighted by Gasteiger charge is 2.47. The maximum Gasteiger partial charge on any atom is 0.116 e. The quantitative estimate of drug-likeness (QED) is 0.133. The van der Waals surface area contributed by atoms with Gasteiger partial charge in [-0.25, -0.2) is 0 Å². The van der Waals surface area contributed by atoms with E-state index >= 15 is 0 Å². The Morgan fingerprint density at radius 3 is 0.674 bits per heavy atom. The molecule has 0 atom stereocenters. The van der Waals surface area contributed by atoms with E-state index < -0.39 is 14.5 Å². The normalized spacial score (nSPS) is 11.7. The molecule has 0 bridgehead atoms. The predicted octanol–water partition coefficient (Wildman–Crippen LogP) is 8.67. The van der Waals surface area contributed by atoms with E-state index in [2.05, 4.69) is 206 Å². The van der Waals surface area contributed by atoms with Crippen LogP contribution in [-0.2, 0) is 12.3 Å².